The summed E-state index contributed by atoms with van der Waals surface area (Å²) in [5, 5.41) is 3.00. The highest BCUT2D eigenvalue weighted by atomic mass is 19.3. The molecular formula is C19H25F2N5O. The monoisotopic (exact) mass is 377 g/mol. The van der Waals surface area contributed by atoms with Crippen LogP contribution in [-0.4, -0.2) is 45.3 Å². The number of halogens is 2. The lowest BCUT2D eigenvalue weighted by Gasteiger charge is -2.33. The van der Waals surface area contributed by atoms with Gasteiger partial charge in [-0.3, -0.25) is 9.20 Å². The van der Waals surface area contributed by atoms with Crippen molar-refractivity contribution in [2.45, 2.75) is 57.9 Å². The molecule has 2 aromatic heterocycles. The lowest BCUT2D eigenvalue weighted by molar-refractivity contribution is -0.0118. The van der Waals surface area contributed by atoms with Crippen molar-refractivity contribution in [2.75, 3.05) is 18.0 Å². The molecule has 1 saturated carbocycles. The number of hydrogen-bond donors (Lipinski definition) is 1. The first-order valence-corrected chi connectivity index (χ1v) is 9.68. The number of alkyl halides is 2. The number of piperidine rings is 1. The van der Waals surface area contributed by atoms with Gasteiger partial charge in [-0.05, 0) is 38.5 Å². The molecule has 0 aromatic carbocycles. The Morgan fingerprint density at radius 1 is 1.44 bits per heavy atom. The quantitative estimate of drug-likeness (QED) is 0.870. The van der Waals surface area contributed by atoms with Gasteiger partial charge in [-0.25, -0.2) is 18.7 Å². The zero-order valence-electron chi connectivity index (χ0n) is 15.7. The standard InChI is InChI=1S/C19H25F2N5O/c1-3-14-9-15(25-8-4-7-19(20,21)10-25)24-17-16(22-11-26(14)17)18(27)23-12(2)13-5-6-13/h9,11-13H,3-8,10H2,1-2H3,(H,23,27). The van der Waals surface area contributed by atoms with Crippen LogP contribution in [0.1, 0.15) is 55.7 Å². The average Bonchev–Trinajstić information content (AvgIpc) is 3.39. The van der Waals surface area contributed by atoms with Gasteiger partial charge < -0.3 is 10.2 Å². The number of nitrogens with zero attached hydrogens (tertiary/aromatic N) is 4. The summed E-state index contributed by atoms with van der Waals surface area (Å²) in [6.07, 6.45) is 4.88. The Hall–Kier alpha value is -2.25. The van der Waals surface area contributed by atoms with Crippen LogP contribution >= 0.6 is 0 Å². The average molecular weight is 377 g/mol. The Labute approximate surface area is 157 Å². The topological polar surface area (TPSA) is 62.5 Å². The summed E-state index contributed by atoms with van der Waals surface area (Å²) < 4.78 is 29.5. The minimum Gasteiger partial charge on any atom is -0.350 e. The number of anilines is 1. The Morgan fingerprint density at radius 3 is 2.89 bits per heavy atom. The molecule has 0 bridgehead atoms. The lowest BCUT2D eigenvalue weighted by atomic mass is 10.1. The van der Waals surface area contributed by atoms with Crippen molar-refractivity contribution in [2.24, 2.45) is 5.92 Å². The van der Waals surface area contributed by atoms with Gasteiger partial charge >= 0.3 is 0 Å². The summed E-state index contributed by atoms with van der Waals surface area (Å²) in [6, 6.07) is 1.92. The van der Waals surface area contributed by atoms with Crippen molar-refractivity contribution < 1.29 is 13.6 Å². The summed E-state index contributed by atoms with van der Waals surface area (Å²) >= 11 is 0. The van der Waals surface area contributed by atoms with Gasteiger partial charge in [0.2, 0.25) is 0 Å². The molecular weight excluding hydrogens is 352 g/mol. The van der Waals surface area contributed by atoms with E-state index in [-0.39, 0.29) is 30.6 Å². The number of hydrogen-bond acceptors (Lipinski definition) is 4. The predicted octanol–water partition coefficient (Wildman–Crippen LogP) is 3.06. The number of rotatable bonds is 5. The summed E-state index contributed by atoms with van der Waals surface area (Å²) in [5.74, 6) is -1.94. The van der Waals surface area contributed by atoms with E-state index in [9.17, 15) is 13.6 Å². The van der Waals surface area contributed by atoms with E-state index in [4.69, 9.17) is 0 Å². The van der Waals surface area contributed by atoms with Crippen LogP contribution in [-0.2, 0) is 6.42 Å². The molecule has 2 aromatic rings. The van der Waals surface area contributed by atoms with Gasteiger partial charge in [0.15, 0.2) is 11.3 Å². The van der Waals surface area contributed by atoms with Gasteiger partial charge in [0.25, 0.3) is 11.8 Å². The molecule has 1 atom stereocenters. The largest absolute Gasteiger partial charge is 0.350 e. The molecule has 1 aliphatic carbocycles. The predicted molar refractivity (Wildman–Crippen MR) is 98.4 cm³/mol. The molecule has 146 valence electrons. The number of imidazole rings is 1. The zero-order valence-corrected chi connectivity index (χ0v) is 15.7. The molecule has 1 N–H and O–H groups in total. The van der Waals surface area contributed by atoms with E-state index in [1.54, 1.807) is 15.6 Å². The van der Waals surface area contributed by atoms with E-state index >= 15 is 0 Å². The zero-order chi connectivity index (χ0) is 19.2. The van der Waals surface area contributed by atoms with Crippen molar-refractivity contribution in [3.63, 3.8) is 0 Å². The van der Waals surface area contributed by atoms with Gasteiger partial charge in [0, 0.05) is 30.8 Å². The van der Waals surface area contributed by atoms with E-state index in [1.807, 2.05) is 19.9 Å². The summed E-state index contributed by atoms with van der Waals surface area (Å²) in [7, 11) is 0. The molecule has 1 amide bonds. The highest BCUT2D eigenvalue weighted by molar-refractivity contribution is 5.98. The van der Waals surface area contributed by atoms with Gasteiger partial charge in [-0.1, -0.05) is 6.92 Å². The molecule has 0 spiro atoms. The first-order chi connectivity index (χ1) is 12.9. The van der Waals surface area contributed by atoms with Crippen LogP contribution in [0.2, 0.25) is 0 Å². The SMILES string of the molecule is CCc1cc(N2CCCC(F)(F)C2)nc2c(C(=O)NC(C)C3CC3)ncn12. The summed E-state index contributed by atoms with van der Waals surface area (Å²) in [6.45, 7) is 4.18. The van der Waals surface area contributed by atoms with E-state index in [1.165, 1.54) is 0 Å². The van der Waals surface area contributed by atoms with Crippen LogP contribution in [0.4, 0.5) is 14.6 Å². The molecule has 0 radical (unpaired) electrons. The molecule has 3 heterocycles. The third-order valence-corrected chi connectivity index (χ3v) is 5.55. The second-order valence-electron chi connectivity index (χ2n) is 7.73. The fourth-order valence-electron chi connectivity index (χ4n) is 3.76. The normalized spacial score (nSPS) is 20.7. The van der Waals surface area contributed by atoms with E-state index in [0.29, 0.717) is 36.8 Å². The number of fused-ring (bicyclic) bond motifs is 1. The molecule has 1 aliphatic heterocycles. The van der Waals surface area contributed by atoms with Crippen LogP contribution in [0, 0.1) is 5.92 Å². The highest BCUT2D eigenvalue weighted by Crippen LogP contribution is 2.33. The van der Waals surface area contributed by atoms with Crippen molar-refractivity contribution in [1.82, 2.24) is 19.7 Å². The summed E-state index contributed by atoms with van der Waals surface area (Å²) in [5.41, 5.74) is 1.58. The molecule has 1 saturated heterocycles. The molecule has 8 heteroatoms. The second-order valence-corrected chi connectivity index (χ2v) is 7.73. The fraction of sp³-hybridized carbons (Fsp3) is 0.632. The third kappa shape index (κ3) is 3.61. The Morgan fingerprint density at radius 2 is 2.22 bits per heavy atom. The Balaban J connectivity index is 1.68. The minimum atomic E-state index is -2.71. The van der Waals surface area contributed by atoms with E-state index < -0.39 is 5.92 Å². The third-order valence-electron chi connectivity index (χ3n) is 5.55. The van der Waals surface area contributed by atoms with Crippen molar-refractivity contribution in [3.05, 3.63) is 23.8 Å². The number of aromatic nitrogens is 3. The maximum atomic E-state index is 13.9. The van der Waals surface area contributed by atoms with E-state index in [0.717, 1.165) is 18.5 Å². The minimum absolute atomic E-state index is 0.0915. The van der Waals surface area contributed by atoms with Crippen LogP contribution in [0.5, 0.6) is 0 Å². The number of carbonyl (C=O) groups excluding carboxylic acids is 1. The van der Waals surface area contributed by atoms with Gasteiger partial charge in [-0.15, -0.1) is 0 Å². The Bertz CT molecular complexity index is 861. The van der Waals surface area contributed by atoms with Gasteiger partial charge in [-0.2, -0.15) is 0 Å². The van der Waals surface area contributed by atoms with Crippen molar-refractivity contribution in [1.29, 1.82) is 0 Å². The van der Waals surface area contributed by atoms with Gasteiger partial charge in [0.05, 0.1) is 6.54 Å². The first-order valence-electron chi connectivity index (χ1n) is 9.68. The smallest absolute Gasteiger partial charge is 0.274 e. The highest BCUT2D eigenvalue weighted by Gasteiger charge is 2.36. The second kappa shape index (κ2) is 6.73. The Kier molecular flexibility index (Phi) is 4.52. The fourth-order valence-corrected chi connectivity index (χ4v) is 3.76. The number of aryl methyl sites for hydroxylation is 1. The van der Waals surface area contributed by atoms with Crippen LogP contribution in [0.15, 0.2) is 12.4 Å². The number of amides is 1. The van der Waals surface area contributed by atoms with Crippen molar-refractivity contribution in [3.8, 4) is 0 Å². The van der Waals surface area contributed by atoms with Crippen LogP contribution in [0.25, 0.3) is 5.65 Å². The van der Waals surface area contributed by atoms with Crippen molar-refractivity contribution >= 4 is 17.4 Å². The van der Waals surface area contributed by atoms with E-state index in [2.05, 4.69) is 15.3 Å². The summed E-state index contributed by atoms with van der Waals surface area (Å²) in [4.78, 5) is 23.1. The first kappa shape index (κ1) is 18.1. The molecule has 1 unspecified atom stereocenters. The lowest BCUT2D eigenvalue weighted by Crippen LogP contribution is -2.43. The van der Waals surface area contributed by atoms with Crippen LogP contribution < -0.4 is 10.2 Å². The maximum Gasteiger partial charge on any atom is 0.274 e. The maximum absolute atomic E-state index is 13.9. The molecule has 2 fully saturated rings. The van der Waals surface area contributed by atoms with Crippen LogP contribution in [0.3, 0.4) is 0 Å². The number of nitrogens with one attached hydrogen (secondary N) is 1. The molecule has 4 rings (SSSR count). The molecule has 6 nitrogen and oxygen atoms in total. The molecule has 2 aliphatic rings. The molecule has 27 heavy (non-hydrogen) atoms. The number of carbonyl (C=O) groups is 1. The van der Waals surface area contributed by atoms with Gasteiger partial charge in [0.1, 0.15) is 12.1 Å².